The molecule has 1 unspecified atom stereocenters. The lowest BCUT2D eigenvalue weighted by molar-refractivity contribution is 0.146. The number of guanidine groups is 1. The Morgan fingerprint density at radius 2 is 1.81 bits per heavy atom. The minimum atomic E-state index is 0.171. The van der Waals surface area contributed by atoms with Gasteiger partial charge < -0.3 is 29.3 Å². The van der Waals surface area contributed by atoms with Crippen LogP contribution in [0.4, 0.5) is 0 Å². The van der Waals surface area contributed by atoms with Gasteiger partial charge in [0.2, 0.25) is 5.75 Å². The van der Waals surface area contributed by atoms with Crippen LogP contribution in [0.2, 0.25) is 0 Å². The van der Waals surface area contributed by atoms with Gasteiger partial charge in [0.05, 0.1) is 33.6 Å². The topological polar surface area (TPSA) is 80.5 Å². The molecule has 2 N–H and O–H groups in total. The maximum Gasteiger partial charge on any atom is 0.203 e. The van der Waals surface area contributed by atoms with Gasteiger partial charge in [0.25, 0.3) is 0 Å². The maximum absolute atomic E-state index is 5.74. The lowest BCUT2D eigenvalue weighted by atomic mass is 10.1. The van der Waals surface area contributed by atoms with Gasteiger partial charge in [0.15, 0.2) is 17.5 Å². The fourth-order valence-electron chi connectivity index (χ4n) is 4.02. The van der Waals surface area contributed by atoms with Crippen LogP contribution in [0.5, 0.6) is 17.2 Å². The number of hydrogen-bond donors (Lipinski definition) is 2. The minimum Gasteiger partial charge on any atom is -0.493 e. The first-order valence-corrected chi connectivity index (χ1v) is 10.7. The van der Waals surface area contributed by atoms with Crippen molar-refractivity contribution in [2.45, 2.75) is 31.8 Å². The van der Waals surface area contributed by atoms with Gasteiger partial charge in [0, 0.05) is 25.7 Å². The number of benzene rings is 1. The van der Waals surface area contributed by atoms with Crippen LogP contribution in [0.3, 0.4) is 0 Å². The van der Waals surface area contributed by atoms with Gasteiger partial charge in [-0.3, -0.25) is 9.89 Å². The maximum atomic E-state index is 5.74. The van der Waals surface area contributed by atoms with E-state index in [2.05, 4.69) is 20.5 Å². The second-order valence-corrected chi connectivity index (χ2v) is 7.43. The number of methoxy groups -OCH3 is 3. The third-order valence-corrected chi connectivity index (χ3v) is 5.62. The second-order valence-electron chi connectivity index (χ2n) is 7.43. The predicted molar refractivity (Wildman–Crippen MR) is 121 cm³/mol. The second kappa shape index (κ2) is 11.5. The van der Waals surface area contributed by atoms with E-state index in [0.29, 0.717) is 36.3 Å². The Hall–Kier alpha value is -2.87. The molecule has 170 valence electrons. The van der Waals surface area contributed by atoms with Crippen LogP contribution in [0.1, 0.15) is 36.6 Å². The van der Waals surface area contributed by atoms with E-state index in [-0.39, 0.29) is 6.04 Å². The van der Waals surface area contributed by atoms with Gasteiger partial charge in [-0.2, -0.15) is 0 Å². The molecule has 2 heterocycles. The van der Waals surface area contributed by atoms with E-state index in [4.69, 9.17) is 18.6 Å². The zero-order valence-corrected chi connectivity index (χ0v) is 18.9. The molecule has 31 heavy (non-hydrogen) atoms. The van der Waals surface area contributed by atoms with E-state index < -0.39 is 0 Å². The summed E-state index contributed by atoms with van der Waals surface area (Å²) in [6.07, 6.45) is 5.49. The molecule has 8 heteroatoms. The highest BCUT2D eigenvalue weighted by Gasteiger charge is 2.24. The number of nitrogens with one attached hydrogen (secondary N) is 2. The molecule has 0 spiro atoms. The summed E-state index contributed by atoms with van der Waals surface area (Å²) >= 11 is 0. The summed E-state index contributed by atoms with van der Waals surface area (Å²) in [5, 5.41) is 6.82. The average molecular weight is 431 g/mol. The molecule has 1 atom stereocenters. The van der Waals surface area contributed by atoms with Crippen molar-refractivity contribution in [1.82, 2.24) is 15.5 Å². The molecule has 1 aliphatic rings. The van der Waals surface area contributed by atoms with Crippen molar-refractivity contribution in [3.63, 3.8) is 0 Å². The van der Waals surface area contributed by atoms with E-state index >= 15 is 0 Å². The Balaban J connectivity index is 1.65. The summed E-state index contributed by atoms with van der Waals surface area (Å²) in [6.45, 7) is 3.40. The molecule has 1 fully saturated rings. The van der Waals surface area contributed by atoms with Gasteiger partial charge in [0.1, 0.15) is 5.76 Å². The first-order chi connectivity index (χ1) is 15.2. The number of aliphatic imine (C=N–C) groups is 1. The lowest BCUT2D eigenvalue weighted by Gasteiger charge is -2.33. The normalized spacial score (nSPS) is 15.9. The Morgan fingerprint density at radius 1 is 1.03 bits per heavy atom. The van der Waals surface area contributed by atoms with Crippen LogP contribution in [-0.2, 0) is 6.54 Å². The molecule has 0 aliphatic carbocycles. The number of furan rings is 1. The van der Waals surface area contributed by atoms with Crippen LogP contribution < -0.4 is 24.8 Å². The fraction of sp³-hybridized carbons (Fsp3) is 0.522. The van der Waals surface area contributed by atoms with E-state index in [0.717, 1.165) is 24.4 Å². The number of nitrogens with zero attached hydrogens (tertiary/aromatic N) is 2. The van der Waals surface area contributed by atoms with E-state index in [1.807, 2.05) is 24.3 Å². The number of rotatable bonds is 9. The van der Waals surface area contributed by atoms with Crippen molar-refractivity contribution in [3.05, 3.63) is 41.9 Å². The molecule has 0 saturated carbocycles. The lowest BCUT2D eigenvalue weighted by Crippen LogP contribution is -2.44. The van der Waals surface area contributed by atoms with Crippen molar-refractivity contribution in [3.8, 4) is 17.2 Å². The van der Waals surface area contributed by atoms with Crippen LogP contribution in [0.25, 0.3) is 0 Å². The Kier molecular flexibility index (Phi) is 8.46. The molecule has 0 amide bonds. The minimum absolute atomic E-state index is 0.171. The van der Waals surface area contributed by atoms with Gasteiger partial charge in [-0.15, -0.1) is 0 Å². The molecule has 1 saturated heterocycles. The highest BCUT2D eigenvalue weighted by Crippen LogP contribution is 2.39. The predicted octanol–water partition coefficient (Wildman–Crippen LogP) is 3.20. The van der Waals surface area contributed by atoms with Crippen LogP contribution in [-0.4, -0.2) is 58.9 Å². The monoisotopic (exact) mass is 430 g/mol. The molecule has 1 aliphatic heterocycles. The first kappa shape index (κ1) is 22.8. The third-order valence-electron chi connectivity index (χ3n) is 5.62. The quantitative estimate of drug-likeness (QED) is 0.467. The zero-order chi connectivity index (χ0) is 22.1. The van der Waals surface area contributed by atoms with Gasteiger partial charge in [-0.25, -0.2) is 0 Å². The largest absolute Gasteiger partial charge is 0.493 e. The SMILES string of the molecule is CN=C(NCc1ccc(OC)c(OC)c1OC)NCC(c1ccco1)N1CCCCC1. The molecule has 2 aromatic rings. The summed E-state index contributed by atoms with van der Waals surface area (Å²) in [5.41, 5.74) is 0.946. The van der Waals surface area contributed by atoms with Crippen LogP contribution in [0.15, 0.2) is 39.9 Å². The molecule has 8 nitrogen and oxygen atoms in total. The summed E-state index contributed by atoms with van der Waals surface area (Å²) in [5.74, 6) is 3.55. The van der Waals surface area contributed by atoms with Crippen LogP contribution >= 0.6 is 0 Å². The first-order valence-electron chi connectivity index (χ1n) is 10.7. The molecular formula is C23H34N4O4. The molecule has 1 aromatic heterocycles. The van der Waals surface area contributed by atoms with Crippen molar-refractivity contribution in [2.75, 3.05) is 48.0 Å². The molecular weight excluding hydrogens is 396 g/mol. The average Bonchev–Trinajstić information content (AvgIpc) is 3.35. The number of piperidine rings is 1. The Labute approximate surface area is 184 Å². The van der Waals surface area contributed by atoms with Crippen molar-refractivity contribution in [1.29, 1.82) is 0 Å². The van der Waals surface area contributed by atoms with Gasteiger partial charge >= 0.3 is 0 Å². The van der Waals surface area contributed by atoms with Crippen molar-refractivity contribution in [2.24, 2.45) is 4.99 Å². The van der Waals surface area contributed by atoms with Gasteiger partial charge in [-0.1, -0.05) is 6.42 Å². The fourth-order valence-corrected chi connectivity index (χ4v) is 4.02. The smallest absolute Gasteiger partial charge is 0.203 e. The zero-order valence-electron chi connectivity index (χ0n) is 18.9. The number of hydrogen-bond acceptors (Lipinski definition) is 6. The van der Waals surface area contributed by atoms with E-state index in [1.165, 1.54) is 19.3 Å². The number of ether oxygens (including phenoxy) is 3. The summed E-state index contributed by atoms with van der Waals surface area (Å²) < 4.78 is 22.2. The Bertz CT molecular complexity index is 832. The molecule has 0 bridgehead atoms. The van der Waals surface area contributed by atoms with E-state index in [9.17, 15) is 0 Å². The third kappa shape index (κ3) is 5.64. The highest BCUT2D eigenvalue weighted by atomic mass is 16.5. The summed E-state index contributed by atoms with van der Waals surface area (Å²) in [7, 11) is 6.61. The van der Waals surface area contributed by atoms with Crippen molar-refractivity contribution < 1.29 is 18.6 Å². The highest BCUT2D eigenvalue weighted by molar-refractivity contribution is 5.79. The Morgan fingerprint density at radius 3 is 2.42 bits per heavy atom. The standard InChI is InChI=1S/C23H34N4O4/c1-24-23(25-15-17-10-11-20(28-2)22(30-4)21(17)29-3)26-16-18(19-9-8-14-31-19)27-12-6-5-7-13-27/h8-11,14,18H,5-7,12-13,15-16H2,1-4H3,(H2,24,25,26). The molecule has 0 radical (unpaired) electrons. The molecule has 3 rings (SSSR count). The summed E-state index contributed by atoms with van der Waals surface area (Å²) in [6, 6.07) is 8.00. The number of likely N-dealkylation sites (tertiary alicyclic amines) is 1. The van der Waals surface area contributed by atoms with Crippen LogP contribution in [0, 0.1) is 0 Å². The summed E-state index contributed by atoms with van der Waals surface area (Å²) in [4.78, 5) is 6.87. The van der Waals surface area contributed by atoms with Crippen molar-refractivity contribution >= 4 is 5.96 Å². The van der Waals surface area contributed by atoms with Gasteiger partial charge in [-0.05, 0) is 50.2 Å². The molecule has 1 aromatic carbocycles. The van der Waals surface area contributed by atoms with E-state index in [1.54, 1.807) is 34.6 Å².